The molecule has 0 saturated carbocycles. The molecular formula is C18H28N2S. The number of hydrogen-bond donors (Lipinski definition) is 1. The van der Waals surface area contributed by atoms with Crippen LogP contribution >= 0.6 is 11.3 Å². The Labute approximate surface area is 133 Å². The molecule has 2 aromatic rings. The first-order valence-corrected chi connectivity index (χ1v) is 8.61. The summed E-state index contributed by atoms with van der Waals surface area (Å²) in [4.78, 5) is 3.79. The summed E-state index contributed by atoms with van der Waals surface area (Å²) in [6.45, 7) is 10.1. The fourth-order valence-electron chi connectivity index (χ4n) is 3.01. The first kappa shape index (κ1) is 16.5. The summed E-state index contributed by atoms with van der Waals surface area (Å²) in [7, 11) is 4.34. The Morgan fingerprint density at radius 2 is 1.81 bits per heavy atom. The van der Waals surface area contributed by atoms with Gasteiger partial charge in [0.25, 0.3) is 0 Å². The molecular weight excluding hydrogens is 276 g/mol. The van der Waals surface area contributed by atoms with Crippen molar-refractivity contribution >= 4 is 21.4 Å². The lowest BCUT2D eigenvalue weighted by molar-refractivity contribution is 0.220. The van der Waals surface area contributed by atoms with Crippen LogP contribution in [0.15, 0.2) is 24.3 Å². The highest BCUT2D eigenvalue weighted by Gasteiger charge is 2.19. The predicted molar refractivity (Wildman–Crippen MR) is 95.3 cm³/mol. The van der Waals surface area contributed by atoms with E-state index in [0.717, 1.165) is 6.54 Å². The molecule has 0 radical (unpaired) electrons. The third-order valence-corrected chi connectivity index (χ3v) is 5.80. The molecule has 0 amide bonds. The molecule has 0 bridgehead atoms. The lowest BCUT2D eigenvalue weighted by Crippen LogP contribution is -2.42. The van der Waals surface area contributed by atoms with Gasteiger partial charge in [0.05, 0.1) is 0 Å². The second-order valence-corrected chi connectivity index (χ2v) is 7.58. The monoisotopic (exact) mass is 304 g/mol. The van der Waals surface area contributed by atoms with Gasteiger partial charge in [-0.15, -0.1) is 11.3 Å². The molecule has 2 atom stereocenters. The number of thiophene rings is 1. The van der Waals surface area contributed by atoms with E-state index in [2.05, 4.69) is 76.3 Å². The fraction of sp³-hybridized carbons (Fsp3) is 0.556. The molecule has 0 aliphatic rings. The van der Waals surface area contributed by atoms with E-state index in [4.69, 9.17) is 0 Å². The van der Waals surface area contributed by atoms with E-state index in [1.165, 1.54) is 20.5 Å². The van der Waals surface area contributed by atoms with E-state index in [-0.39, 0.29) is 0 Å². The molecule has 1 aromatic carbocycles. The number of hydrogen-bond acceptors (Lipinski definition) is 3. The summed E-state index contributed by atoms with van der Waals surface area (Å²) in [5.74, 6) is 0.656. The van der Waals surface area contributed by atoms with Crippen LogP contribution in [0.3, 0.4) is 0 Å². The average molecular weight is 305 g/mol. The second-order valence-electron chi connectivity index (χ2n) is 6.49. The highest BCUT2D eigenvalue weighted by atomic mass is 32.1. The lowest BCUT2D eigenvalue weighted by atomic mass is 10.0. The van der Waals surface area contributed by atoms with E-state index in [1.54, 1.807) is 0 Å². The number of rotatable bonds is 6. The molecule has 1 heterocycles. The molecule has 1 aromatic heterocycles. The molecule has 2 nitrogen and oxygen atoms in total. The molecule has 3 heteroatoms. The van der Waals surface area contributed by atoms with Crippen molar-refractivity contribution in [2.75, 3.05) is 20.6 Å². The van der Waals surface area contributed by atoms with Crippen molar-refractivity contribution in [3.8, 4) is 0 Å². The Morgan fingerprint density at radius 1 is 1.14 bits per heavy atom. The van der Waals surface area contributed by atoms with Gasteiger partial charge in [-0.1, -0.05) is 32.0 Å². The number of nitrogens with zero attached hydrogens (tertiary/aromatic N) is 1. The van der Waals surface area contributed by atoms with Crippen LogP contribution in [0.5, 0.6) is 0 Å². The minimum absolute atomic E-state index is 0.406. The standard InChI is InChI=1S/C18H28N2S/c1-12(2)16(20(5)6)11-19-14(4)18-13(3)15-9-7-8-10-17(15)21-18/h7-10,12,14,16,19H,11H2,1-6H3. The largest absolute Gasteiger partial charge is 0.308 e. The van der Waals surface area contributed by atoms with Gasteiger partial charge >= 0.3 is 0 Å². The van der Waals surface area contributed by atoms with Gasteiger partial charge in [-0.3, -0.25) is 0 Å². The predicted octanol–water partition coefficient (Wildman–Crippen LogP) is 4.45. The maximum absolute atomic E-state index is 3.73. The molecule has 0 aliphatic heterocycles. The van der Waals surface area contributed by atoms with E-state index >= 15 is 0 Å². The number of fused-ring (bicyclic) bond motifs is 1. The van der Waals surface area contributed by atoms with Crippen molar-refractivity contribution in [3.05, 3.63) is 34.7 Å². The van der Waals surface area contributed by atoms with Gasteiger partial charge in [-0.2, -0.15) is 0 Å². The molecule has 2 rings (SSSR count). The van der Waals surface area contributed by atoms with Crippen molar-refractivity contribution in [1.82, 2.24) is 10.2 Å². The van der Waals surface area contributed by atoms with Crippen molar-refractivity contribution in [2.45, 2.75) is 39.8 Å². The van der Waals surface area contributed by atoms with Crippen LogP contribution in [0, 0.1) is 12.8 Å². The topological polar surface area (TPSA) is 15.3 Å². The summed E-state index contributed by atoms with van der Waals surface area (Å²) in [5, 5.41) is 5.13. The van der Waals surface area contributed by atoms with Crippen LogP contribution in [0.2, 0.25) is 0 Å². The van der Waals surface area contributed by atoms with Crippen molar-refractivity contribution in [1.29, 1.82) is 0 Å². The summed E-state index contributed by atoms with van der Waals surface area (Å²) >= 11 is 1.92. The number of benzene rings is 1. The molecule has 0 fully saturated rings. The highest BCUT2D eigenvalue weighted by Crippen LogP contribution is 2.34. The zero-order valence-corrected chi connectivity index (χ0v) is 14.9. The molecule has 21 heavy (non-hydrogen) atoms. The smallest absolute Gasteiger partial charge is 0.0389 e. The lowest BCUT2D eigenvalue weighted by Gasteiger charge is -2.29. The molecule has 0 saturated heterocycles. The maximum atomic E-state index is 3.73. The number of likely N-dealkylation sites (N-methyl/N-ethyl adjacent to an activating group) is 1. The minimum atomic E-state index is 0.406. The number of nitrogens with one attached hydrogen (secondary N) is 1. The van der Waals surface area contributed by atoms with Gasteiger partial charge in [0.1, 0.15) is 0 Å². The fourth-order valence-corrected chi connectivity index (χ4v) is 4.25. The summed E-state index contributed by atoms with van der Waals surface area (Å²) in [6.07, 6.45) is 0. The Morgan fingerprint density at radius 3 is 2.38 bits per heavy atom. The molecule has 2 unspecified atom stereocenters. The van der Waals surface area contributed by atoms with Crippen LogP contribution in [0.25, 0.3) is 10.1 Å². The van der Waals surface area contributed by atoms with Crippen molar-refractivity contribution in [3.63, 3.8) is 0 Å². The van der Waals surface area contributed by atoms with Gasteiger partial charge in [-0.05, 0) is 50.9 Å². The number of aryl methyl sites for hydroxylation is 1. The van der Waals surface area contributed by atoms with E-state index < -0.39 is 0 Å². The third kappa shape index (κ3) is 3.65. The van der Waals surface area contributed by atoms with Gasteiger partial charge in [0.15, 0.2) is 0 Å². The van der Waals surface area contributed by atoms with Crippen LogP contribution in [0.4, 0.5) is 0 Å². The maximum Gasteiger partial charge on any atom is 0.0389 e. The summed E-state index contributed by atoms with van der Waals surface area (Å²) < 4.78 is 1.40. The van der Waals surface area contributed by atoms with E-state index in [1.807, 2.05) is 11.3 Å². The van der Waals surface area contributed by atoms with Gasteiger partial charge in [0, 0.05) is 28.2 Å². The first-order chi connectivity index (χ1) is 9.91. The Bertz CT molecular complexity index is 578. The minimum Gasteiger partial charge on any atom is -0.308 e. The molecule has 0 spiro atoms. The third-order valence-electron chi connectivity index (χ3n) is 4.34. The Balaban J connectivity index is 2.12. The molecule has 1 N–H and O–H groups in total. The average Bonchev–Trinajstić information content (AvgIpc) is 2.76. The van der Waals surface area contributed by atoms with Gasteiger partial charge < -0.3 is 10.2 Å². The molecule has 0 aliphatic carbocycles. The summed E-state index contributed by atoms with van der Waals surface area (Å²) in [6, 6.07) is 9.69. The van der Waals surface area contributed by atoms with Crippen LogP contribution in [-0.2, 0) is 0 Å². The van der Waals surface area contributed by atoms with Crippen LogP contribution in [-0.4, -0.2) is 31.6 Å². The normalized spacial score (nSPS) is 15.0. The van der Waals surface area contributed by atoms with Crippen LogP contribution in [0.1, 0.15) is 37.3 Å². The van der Waals surface area contributed by atoms with E-state index in [9.17, 15) is 0 Å². The zero-order valence-electron chi connectivity index (χ0n) is 14.1. The SMILES string of the molecule is Cc1c(C(C)NCC(C(C)C)N(C)C)sc2ccccc12. The zero-order chi connectivity index (χ0) is 15.6. The molecule has 116 valence electrons. The highest BCUT2D eigenvalue weighted by molar-refractivity contribution is 7.19. The first-order valence-electron chi connectivity index (χ1n) is 7.79. The second kappa shape index (κ2) is 6.91. The summed E-state index contributed by atoms with van der Waals surface area (Å²) in [5.41, 5.74) is 1.43. The van der Waals surface area contributed by atoms with E-state index in [0.29, 0.717) is 18.0 Å². The van der Waals surface area contributed by atoms with Crippen LogP contribution < -0.4 is 5.32 Å². The van der Waals surface area contributed by atoms with Gasteiger partial charge in [0.2, 0.25) is 0 Å². The Kier molecular flexibility index (Phi) is 5.42. The Hall–Kier alpha value is -0.900. The van der Waals surface area contributed by atoms with Crippen molar-refractivity contribution in [2.24, 2.45) is 5.92 Å². The van der Waals surface area contributed by atoms with Crippen molar-refractivity contribution < 1.29 is 0 Å². The quantitative estimate of drug-likeness (QED) is 0.848. The van der Waals surface area contributed by atoms with Gasteiger partial charge in [-0.25, -0.2) is 0 Å².